The summed E-state index contributed by atoms with van der Waals surface area (Å²) in [5, 5.41) is 3.25. The summed E-state index contributed by atoms with van der Waals surface area (Å²) >= 11 is 0. The molecular formula is C13H28N2. The lowest BCUT2D eigenvalue weighted by atomic mass is 9.92. The molecule has 15 heavy (non-hydrogen) atoms. The van der Waals surface area contributed by atoms with Gasteiger partial charge in [-0.1, -0.05) is 40.0 Å². The van der Waals surface area contributed by atoms with Gasteiger partial charge >= 0.3 is 0 Å². The molecule has 0 aromatic carbocycles. The van der Waals surface area contributed by atoms with Crippen LogP contribution in [0.25, 0.3) is 0 Å². The molecule has 0 aliphatic heterocycles. The van der Waals surface area contributed by atoms with Crippen molar-refractivity contribution in [2.75, 3.05) is 7.05 Å². The molecule has 1 N–H and O–H groups in total. The fraction of sp³-hybridized carbons (Fsp3) is 0.923. The van der Waals surface area contributed by atoms with Crippen molar-refractivity contribution in [3.05, 3.63) is 0 Å². The topological polar surface area (TPSA) is 24.4 Å². The molecule has 0 aromatic rings. The van der Waals surface area contributed by atoms with Crippen LogP contribution in [0, 0.1) is 11.8 Å². The van der Waals surface area contributed by atoms with Crippen molar-refractivity contribution < 1.29 is 0 Å². The lowest BCUT2D eigenvalue weighted by Gasteiger charge is -2.23. The number of aliphatic imine (C=N–C) groups is 1. The van der Waals surface area contributed by atoms with Crippen molar-refractivity contribution in [2.24, 2.45) is 16.8 Å². The van der Waals surface area contributed by atoms with Crippen LogP contribution in [0.2, 0.25) is 0 Å². The van der Waals surface area contributed by atoms with Gasteiger partial charge in [0.25, 0.3) is 0 Å². The minimum Gasteiger partial charge on any atom is -0.299 e. The molecule has 0 aliphatic carbocycles. The maximum atomic E-state index is 4.16. The molecule has 2 atom stereocenters. The molecule has 2 nitrogen and oxygen atoms in total. The van der Waals surface area contributed by atoms with E-state index in [0.717, 1.165) is 5.92 Å². The van der Waals surface area contributed by atoms with Gasteiger partial charge in [0.05, 0.1) is 0 Å². The van der Waals surface area contributed by atoms with Crippen LogP contribution in [0.5, 0.6) is 0 Å². The predicted octanol–water partition coefficient (Wildman–Crippen LogP) is 3.48. The fourth-order valence-corrected chi connectivity index (χ4v) is 2.10. The summed E-state index contributed by atoms with van der Waals surface area (Å²) in [7, 11) is 1.98. The first kappa shape index (κ1) is 14.6. The Morgan fingerprint density at radius 3 is 2.27 bits per heavy atom. The molecule has 0 fully saturated rings. The van der Waals surface area contributed by atoms with Gasteiger partial charge in [-0.05, 0) is 38.4 Å². The highest BCUT2D eigenvalue weighted by Gasteiger charge is 2.17. The maximum Gasteiger partial charge on any atom is 0.101 e. The van der Waals surface area contributed by atoms with Crippen LogP contribution >= 0.6 is 0 Å². The zero-order valence-electron chi connectivity index (χ0n) is 10.9. The number of nitrogens with one attached hydrogen (secondary N) is 1. The van der Waals surface area contributed by atoms with Crippen molar-refractivity contribution in [1.82, 2.24) is 5.32 Å². The van der Waals surface area contributed by atoms with E-state index >= 15 is 0 Å². The van der Waals surface area contributed by atoms with E-state index in [-0.39, 0.29) is 6.17 Å². The van der Waals surface area contributed by atoms with Crippen LogP contribution in [-0.2, 0) is 0 Å². The first-order valence-corrected chi connectivity index (χ1v) is 6.28. The van der Waals surface area contributed by atoms with Crippen molar-refractivity contribution >= 4 is 6.72 Å². The van der Waals surface area contributed by atoms with Crippen LogP contribution in [0.3, 0.4) is 0 Å². The van der Waals surface area contributed by atoms with Gasteiger partial charge in [0, 0.05) is 0 Å². The van der Waals surface area contributed by atoms with Gasteiger partial charge in [-0.15, -0.1) is 0 Å². The maximum absolute atomic E-state index is 4.16. The summed E-state index contributed by atoms with van der Waals surface area (Å²) < 4.78 is 0. The highest BCUT2D eigenvalue weighted by molar-refractivity contribution is 5.24. The van der Waals surface area contributed by atoms with Crippen LogP contribution in [0.15, 0.2) is 4.99 Å². The molecule has 0 rings (SSSR count). The quantitative estimate of drug-likeness (QED) is 0.581. The molecule has 0 bridgehead atoms. The molecule has 0 aromatic heterocycles. The first-order valence-electron chi connectivity index (χ1n) is 6.28. The van der Waals surface area contributed by atoms with E-state index < -0.39 is 0 Å². The van der Waals surface area contributed by atoms with Gasteiger partial charge in [-0.2, -0.15) is 0 Å². The summed E-state index contributed by atoms with van der Waals surface area (Å²) in [6, 6.07) is 0. The van der Waals surface area contributed by atoms with E-state index in [2.05, 4.69) is 37.8 Å². The van der Waals surface area contributed by atoms with Crippen LogP contribution in [0.1, 0.15) is 52.9 Å². The van der Waals surface area contributed by atoms with E-state index in [1.807, 2.05) is 7.05 Å². The Morgan fingerprint density at radius 1 is 1.20 bits per heavy atom. The zero-order valence-corrected chi connectivity index (χ0v) is 10.9. The second-order valence-electron chi connectivity index (χ2n) is 4.79. The minimum absolute atomic E-state index is 0.247. The van der Waals surface area contributed by atoms with Gasteiger partial charge in [-0.3, -0.25) is 10.3 Å². The minimum atomic E-state index is 0.247. The molecule has 0 spiro atoms. The average molecular weight is 212 g/mol. The smallest absolute Gasteiger partial charge is 0.101 e. The summed E-state index contributed by atoms with van der Waals surface area (Å²) in [4.78, 5) is 4.16. The van der Waals surface area contributed by atoms with Crippen LogP contribution in [-0.4, -0.2) is 19.9 Å². The highest BCUT2D eigenvalue weighted by Crippen LogP contribution is 2.21. The third kappa shape index (κ3) is 6.67. The Labute approximate surface area is 95.6 Å². The number of hydrogen-bond acceptors (Lipinski definition) is 2. The van der Waals surface area contributed by atoms with Gasteiger partial charge in [0.2, 0.25) is 0 Å². The van der Waals surface area contributed by atoms with E-state index in [1.54, 1.807) is 0 Å². The average Bonchev–Trinajstić information content (AvgIpc) is 2.19. The molecule has 90 valence electrons. The molecule has 0 saturated heterocycles. The molecule has 2 heteroatoms. The molecule has 0 saturated carbocycles. The first-order chi connectivity index (χ1) is 7.15. The summed E-state index contributed by atoms with van der Waals surface area (Å²) in [5.74, 6) is 1.48. The third-order valence-corrected chi connectivity index (χ3v) is 2.95. The van der Waals surface area contributed by atoms with Gasteiger partial charge in [0.15, 0.2) is 0 Å². The second-order valence-corrected chi connectivity index (χ2v) is 4.79. The Morgan fingerprint density at radius 2 is 1.87 bits per heavy atom. The van der Waals surface area contributed by atoms with E-state index in [1.165, 1.54) is 32.1 Å². The second kappa shape index (κ2) is 8.90. The number of hydrogen-bond donors (Lipinski definition) is 1. The lowest BCUT2D eigenvalue weighted by Crippen LogP contribution is -2.31. The SMILES string of the molecule is C=NC(NC)C(CCC)CCCC(C)C. The van der Waals surface area contributed by atoms with Gasteiger partial charge in [0.1, 0.15) is 6.17 Å². The normalized spacial score (nSPS) is 15.3. The molecular weight excluding hydrogens is 184 g/mol. The molecule has 0 heterocycles. The Kier molecular flexibility index (Phi) is 8.68. The van der Waals surface area contributed by atoms with Gasteiger partial charge < -0.3 is 0 Å². The largest absolute Gasteiger partial charge is 0.299 e. The third-order valence-electron chi connectivity index (χ3n) is 2.95. The highest BCUT2D eigenvalue weighted by atomic mass is 15.0. The lowest BCUT2D eigenvalue weighted by molar-refractivity contribution is 0.320. The fourth-order valence-electron chi connectivity index (χ4n) is 2.10. The Bertz CT molecular complexity index is 155. The van der Waals surface area contributed by atoms with Crippen LogP contribution in [0.4, 0.5) is 0 Å². The molecule has 0 radical (unpaired) electrons. The molecule has 2 unspecified atom stereocenters. The van der Waals surface area contributed by atoms with E-state index in [4.69, 9.17) is 0 Å². The van der Waals surface area contributed by atoms with Crippen molar-refractivity contribution in [1.29, 1.82) is 0 Å². The zero-order chi connectivity index (χ0) is 11.7. The molecule has 0 aliphatic rings. The van der Waals surface area contributed by atoms with Crippen molar-refractivity contribution in [3.63, 3.8) is 0 Å². The van der Waals surface area contributed by atoms with E-state index in [9.17, 15) is 0 Å². The summed E-state index contributed by atoms with van der Waals surface area (Å²) in [5.41, 5.74) is 0. The monoisotopic (exact) mass is 212 g/mol. The van der Waals surface area contributed by atoms with E-state index in [0.29, 0.717) is 5.92 Å². The summed E-state index contributed by atoms with van der Waals surface area (Å²) in [6.07, 6.45) is 6.65. The Balaban J connectivity index is 3.96. The van der Waals surface area contributed by atoms with Gasteiger partial charge in [-0.25, -0.2) is 0 Å². The number of nitrogens with zero attached hydrogens (tertiary/aromatic N) is 1. The number of rotatable bonds is 9. The Hall–Kier alpha value is -0.370. The molecule has 0 amide bonds. The predicted molar refractivity (Wildman–Crippen MR) is 69.5 cm³/mol. The van der Waals surface area contributed by atoms with Crippen molar-refractivity contribution in [2.45, 2.75) is 59.0 Å². The van der Waals surface area contributed by atoms with Crippen molar-refractivity contribution in [3.8, 4) is 0 Å². The standard InChI is InChI=1S/C13H28N2/c1-6-8-12(13(14-4)15-5)10-7-9-11(2)3/h11-13,15H,4,6-10H2,1-3,5H3. The van der Waals surface area contributed by atoms with Crippen LogP contribution < -0.4 is 5.32 Å². The summed E-state index contributed by atoms with van der Waals surface area (Å²) in [6.45, 7) is 10.5.